The molecular weight excluding hydrogens is 354 g/mol. The number of imide groups is 1. The minimum atomic E-state index is -0.453. The van der Waals surface area contributed by atoms with Crippen LogP contribution in [0.25, 0.3) is 0 Å². The average Bonchev–Trinajstić information content (AvgIpc) is 2.46. The minimum absolute atomic E-state index is 0.0494. The molecule has 4 nitrogen and oxygen atoms in total. The Morgan fingerprint density at radius 1 is 1.10 bits per heavy atom. The Hall–Kier alpha value is -1.79. The van der Waals surface area contributed by atoms with Crippen molar-refractivity contribution >= 4 is 39.5 Å². The lowest BCUT2D eigenvalue weighted by Gasteiger charge is -2.06. The zero-order chi connectivity index (χ0) is 15.2. The van der Waals surface area contributed by atoms with Crippen LogP contribution in [0.2, 0.25) is 0 Å². The molecule has 0 radical (unpaired) electrons. The Labute approximate surface area is 134 Å². The molecule has 6 heteroatoms. The number of para-hydroxylation sites is 1. The van der Waals surface area contributed by atoms with Crippen LogP contribution in [0.5, 0.6) is 5.75 Å². The van der Waals surface area contributed by atoms with E-state index in [0.29, 0.717) is 14.9 Å². The molecule has 2 aromatic carbocycles. The summed E-state index contributed by atoms with van der Waals surface area (Å²) in [5, 5.41) is 11.9. The first-order valence-corrected chi connectivity index (χ1v) is 7.85. The van der Waals surface area contributed by atoms with Gasteiger partial charge in [0.2, 0.25) is 5.91 Å². The van der Waals surface area contributed by atoms with Crippen LogP contribution >= 0.6 is 27.7 Å². The summed E-state index contributed by atoms with van der Waals surface area (Å²) < 4.78 is 0.628. The van der Waals surface area contributed by atoms with Crippen molar-refractivity contribution in [3.8, 4) is 5.75 Å². The highest BCUT2D eigenvalue weighted by Gasteiger charge is 2.13. The number of aromatic hydroxyl groups is 1. The first kappa shape index (κ1) is 15.6. The van der Waals surface area contributed by atoms with E-state index in [1.165, 1.54) is 11.8 Å². The number of hydrogen-bond donors (Lipinski definition) is 2. The molecule has 0 aliphatic rings. The van der Waals surface area contributed by atoms with Crippen LogP contribution in [0.1, 0.15) is 10.4 Å². The molecule has 0 spiro atoms. The number of benzene rings is 2. The second kappa shape index (κ2) is 7.28. The number of phenols is 1. The van der Waals surface area contributed by atoms with Crippen LogP contribution in [0.4, 0.5) is 0 Å². The molecular formula is C15H12BrNO3S. The molecule has 2 N–H and O–H groups in total. The maximum absolute atomic E-state index is 11.9. The number of carbonyl (C=O) groups excluding carboxylic acids is 2. The third-order valence-corrected chi connectivity index (χ3v) is 4.35. The smallest absolute Gasteiger partial charge is 0.259 e. The molecule has 0 unspecified atom stereocenters. The molecule has 0 heterocycles. The Kier molecular flexibility index (Phi) is 5.41. The van der Waals surface area contributed by atoms with Crippen molar-refractivity contribution in [3.05, 3.63) is 58.6 Å². The first-order valence-electron chi connectivity index (χ1n) is 6.07. The van der Waals surface area contributed by atoms with E-state index >= 15 is 0 Å². The predicted octanol–water partition coefficient (Wildman–Crippen LogP) is 3.20. The van der Waals surface area contributed by atoms with Gasteiger partial charge < -0.3 is 5.11 Å². The van der Waals surface area contributed by atoms with Crippen LogP contribution in [-0.2, 0) is 4.79 Å². The quantitative estimate of drug-likeness (QED) is 0.816. The lowest BCUT2D eigenvalue weighted by Crippen LogP contribution is -2.32. The zero-order valence-electron chi connectivity index (χ0n) is 10.9. The molecule has 108 valence electrons. The summed E-state index contributed by atoms with van der Waals surface area (Å²) in [5.74, 6) is -0.699. The highest BCUT2D eigenvalue weighted by Crippen LogP contribution is 2.27. The molecule has 0 atom stereocenters. The second-order valence-corrected chi connectivity index (χ2v) is 5.99. The lowest BCUT2D eigenvalue weighted by molar-refractivity contribution is -0.117. The number of carbonyl (C=O) groups is 2. The topological polar surface area (TPSA) is 66.4 Å². The van der Waals surface area contributed by atoms with Crippen LogP contribution in [0, 0.1) is 0 Å². The SMILES string of the molecule is O=C(CSc1ccccc1O)NC(=O)c1ccccc1Br. The van der Waals surface area contributed by atoms with Gasteiger partial charge in [0, 0.05) is 9.37 Å². The highest BCUT2D eigenvalue weighted by molar-refractivity contribution is 9.10. The Balaban J connectivity index is 1.92. The van der Waals surface area contributed by atoms with E-state index in [9.17, 15) is 14.7 Å². The third-order valence-electron chi connectivity index (χ3n) is 2.60. The van der Waals surface area contributed by atoms with E-state index in [1.54, 1.807) is 48.5 Å². The third kappa shape index (κ3) is 4.34. The molecule has 21 heavy (non-hydrogen) atoms. The first-order chi connectivity index (χ1) is 10.1. The number of hydrogen-bond acceptors (Lipinski definition) is 4. The number of thioether (sulfide) groups is 1. The number of rotatable bonds is 4. The molecule has 2 rings (SSSR count). The average molecular weight is 366 g/mol. The fourth-order valence-corrected chi connectivity index (χ4v) is 2.81. The van der Waals surface area contributed by atoms with Gasteiger partial charge in [0.25, 0.3) is 5.91 Å². The van der Waals surface area contributed by atoms with Crippen molar-refractivity contribution in [2.45, 2.75) is 4.90 Å². The Morgan fingerprint density at radius 2 is 1.76 bits per heavy atom. The van der Waals surface area contributed by atoms with Crippen molar-refractivity contribution in [2.24, 2.45) is 0 Å². The van der Waals surface area contributed by atoms with Crippen molar-refractivity contribution < 1.29 is 14.7 Å². The molecule has 0 aliphatic carbocycles. The largest absolute Gasteiger partial charge is 0.507 e. The van der Waals surface area contributed by atoms with Crippen LogP contribution < -0.4 is 5.32 Å². The summed E-state index contributed by atoms with van der Waals surface area (Å²) in [6, 6.07) is 13.6. The monoisotopic (exact) mass is 365 g/mol. The molecule has 0 aliphatic heterocycles. The standard InChI is InChI=1S/C15H12BrNO3S/c16-11-6-2-1-5-10(11)15(20)17-14(19)9-21-13-8-4-3-7-12(13)18/h1-8,18H,9H2,(H,17,19,20). The number of nitrogens with one attached hydrogen (secondary N) is 1. The summed E-state index contributed by atoms with van der Waals surface area (Å²) in [4.78, 5) is 24.3. The zero-order valence-corrected chi connectivity index (χ0v) is 13.3. The van der Waals surface area contributed by atoms with E-state index in [-0.39, 0.29) is 11.5 Å². The normalized spacial score (nSPS) is 10.1. The molecule has 0 fully saturated rings. The van der Waals surface area contributed by atoms with E-state index in [0.717, 1.165) is 0 Å². The molecule has 0 aromatic heterocycles. The molecule has 0 bridgehead atoms. The van der Waals surface area contributed by atoms with E-state index < -0.39 is 11.8 Å². The maximum atomic E-state index is 11.9. The Morgan fingerprint density at radius 3 is 2.48 bits per heavy atom. The fraction of sp³-hybridized carbons (Fsp3) is 0.0667. The van der Waals surface area contributed by atoms with Gasteiger partial charge >= 0.3 is 0 Å². The van der Waals surface area contributed by atoms with Crippen LogP contribution in [0.15, 0.2) is 57.9 Å². The number of amides is 2. The van der Waals surface area contributed by atoms with Crippen LogP contribution in [0.3, 0.4) is 0 Å². The van der Waals surface area contributed by atoms with Gasteiger partial charge in [-0.1, -0.05) is 24.3 Å². The van der Waals surface area contributed by atoms with Gasteiger partial charge in [0.05, 0.1) is 11.3 Å². The van der Waals surface area contributed by atoms with Crippen molar-refractivity contribution in [3.63, 3.8) is 0 Å². The van der Waals surface area contributed by atoms with Gasteiger partial charge in [0.15, 0.2) is 0 Å². The molecule has 2 amide bonds. The minimum Gasteiger partial charge on any atom is -0.507 e. The Bertz CT molecular complexity index is 675. The summed E-state index contributed by atoms with van der Waals surface area (Å²) in [6.45, 7) is 0. The van der Waals surface area contributed by atoms with Gasteiger partial charge in [-0.3, -0.25) is 14.9 Å². The van der Waals surface area contributed by atoms with Gasteiger partial charge in [-0.15, -0.1) is 11.8 Å². The van der Waals surface area contributed by atoms with Gasteiger partial charge in [-0.05, 0) is 40.2 Å². The lowest BCUT2D eigenvalue weighted by atomic mass is 10.2. The number of phenolic OH excluding ortho intramolecular Hbond substituents is 1. The van der Waals surface area contributed by atoms with Crippen molar-refractivity contribution in [1.82, 2.24) is 5.32 Å². The van der Waals surface area contributed by atoms with E-state index in [2.05, 4.69) is 21.2 Å². The van der Waals surface area contributed by atoms with Crippen LogP contribution in [-0.4, -0.2) is 22.7 Å². The molecule has 0 saturated heterocycles. The van der Waals surface area contributed by atoms with Gasteiger partial charge in [0.1, 0.15) is 5.75 Å². The van der Waals surface area contributed by atoms with Gasteiger partial charge in [-0.2, -0.15) is 0 Å². The maximum Gasteiger partial charge on any atom is 0.259 e. The van der Waals surface area contributed by atoms with Gasteiger partial charge in [-0.25, -0.2) is 0 Å². The highest BCUT2D eigenvalue weighted by atomic mass is 79.9. The second-order valence-electron chi connectivity index (χ2n) is 4.11. The summed E-state index contributed by atoms with van der Waals surface area (Å²) in [6.07, 6.45) is 0. The summed E-state index contributed by atoms with van der Waals surface area (Å²) in [5.41, 5.74) is 0.401. The fourth-order valence-electron chi connectivity index (χ4n) is 1.60. The number of halogens is 1. The summed E-state index contributed by atoms with van der Waals surface area (Å²) in [7, 11) is 0. The van der Waals surface area contributed by atoms with Crippen molar-refractivity contribution in [1.29, 1.82) is 0 Å². The molecule has 0 saturated carbocycles. The van der Waals surface area contributed by atoms with E-state index in [1.807, 2.05) is 0 Å². The van der Waals surface area contributed by atoms with E-state index in [4.69, 9.17) is 0 Å². The summed E-state index contributed by atoms with van der Waals surface area (Å²) >= 11 is 4.43. The molecule has 2 aromatic rings. The predicted molar refractivity (Wildman–Crippen MR) is 85.4 cm³/mol. The van der Waals surface area contributed by atoms with Crippen molar-refractivity contribution in [2.75, 3.05) is 5.75 Å².